The van der Waals surface area contributed by atoms with Crippen molar-refractivity contribution in [1.82, 2.24) is 15.1 Å². The van der Waals surface area contributed by atoms with Crippen molar-refractivity contribution in [1.29, 1.82) is 0 Å². The molecule has 0 saturated carbocycles. The van der Waals surface area contributed by atoms with Crippen molar-refractivity contribution >= 4 is 28.1 Å². The first-order chi connectivity index (χ1) is 9.11. The molecule has 0 fully saturated rings. The Morgan fingerprint density at radius 1 is 1.37 bits per heavy atom. The van der Waals surface area contributed by atoms with Crippen molar-refractivity contribution in [3.63, 3.8) is 0 Å². The highest BCUT2D eigenvalue weighted by molar-refractivity contribution is 7.15. The summed E-state index contributed by atoms with van der Waals surface area (Å²) < 4.78 is 0. The fraction of sp³-hybridized carbons (Fsp3) is 0.385. The highest BCUT2D eigenvalue weighted by Gasteiger charge is 2.16. The van der Waals surface area contributed by atoms with E-state index in [1.54, 1.807) is 11.3 Å². The Morgan fingerprint density at radius 3 is 2.74 bits per heavy atom. The molecule has 1 aromatic heterocycles. The number of hydrogen-bond donors (Lipinski definition) is 1. The number of benzene rings is 1. The third-order valence-corrected chi connectivity index (χ3v) is 4.35. The van der Waals surface area contributed by atoms with E-state index >= 15 is 0 Å². The number of nitrogens with zero attached hydrogens (tertiary/aromatic N) is 3. The van der Waals surface area contributed by atoms with Gasteiger partial charge in [0.2, 0.25) is 5.13 Å². The third kappa shape index (κ3) is 3.43. The zero-order chi connectivity index (χ0) is 13.8. The van der Waals surface area contributed by atoms with E-state index in [4.69, 9.17) is 11.6 Å². The molecule has 0 aliphatic rings. The first-order valence-electron chi connectivity index (χ1n) is 6.06. The van der Waals surface area contributed by atoms with Crippen LogP contribution in [0.4, 0.5) is 5.13 Å². The average molecular weight is 297 g/mol. The maximum Gasteiger partial charge on any atom is 0.205 e. The molecule has 102 valence electrons. The Morgan fingerprint density at radius 2 is 2.11 bits per heavy atom. The molecule has 4 nitrogen and oxygen atoms in total. The fourth-order valence-electron chi connectivity index (χ4n) is 1.82. The predicted octanol–water partition coefficient (Wildman–Crippen LogP) is 3.43. The van der Waals surface area contributed by atoms with Gasteiger partial charge in [-0.1, -0.05) is 41.1 Å². The van der Waals surface area contributed by atoms with Gasteiger partial charge in [-0.15, -0.1) is 10.2 Å². The lowest BCUT2D eigenvalue weighted by molar-refractivity contribution is 0.252. The third-order valence-electron chi connectivity index (χ3n) is 3.08. The van der Waals surface area contributed by atoms with Gasteiger partial charge >= 0.3 is 0 Å². The van der Waals surface area contributed by atoms with Crippen LogP contribution >= 0.6 is 22.9 Å². The largest absolute Gasteiger partial charge is 0.363 e. The first kappa shape index (κ1) is 14.2. The molecule has 1 N–H and O–H groups in total. The summed E-state index contributed by atoms with van der Waals surface area (Å²) in [7, 11) is 3.91. The number of aromatic nitrogens is 2. The van der Waals surface area contributed by atoms with Crippen LogP contribution in [0.5, 0.6) is 0 Å². The summed E-state index contributed by atoms with van der Waals surface area (Å²) in [6.45, 7) is 2.90. The van der Waals surface area contributed by atoms with E-state index < -0.39 is 0 Å². The number of halogens is 1. The van der Waals surface area contributed by atoms with Gasteiger partial charge in [-0.3, -0.25) is 4.90 Å². The summed E-state index contributed by atoms with van der Waals surface area (Å²) in [5, 5.41) is 13.8. The lowest BCUT2D eigenvalue weighted by Crippen LogP contribution is -2.22. The Labute approximate surface area is 122 Å². The summed E-state index contributed by atoms with van der Waals surface area (Å²) >= 11 is 7.80. The Hall–Kier alpha value is -1.17. The molecule has 19 heavy (non-hydrogen) atoms. The molecular formula is C13H17ClN4S. The van der Waals surface area contributed by atoms with Gasteiger partial charge in [0.05, 0.1) is 6.54 Å². The molecule has 1 aromatic carbocycles. The van der Waals surface area contributed by atoms with E-state index in [1.807, 2.05) is 25.2 Å². The molecule has 2 aromatic rings. The minimum atomic E-state index is 0.232. The van der Waals surface area contributed by atoms with E-state index in [1.165, 1.54) is 0 Å². The zero-order valence-corrected chi connectivity index (χ0v) is 12.8. The average Bonchev–Trinajstić information content (AvgIpc) is 2.86. The molecule has 0 aliphatic heterocycles. The Bertz CT molecular complexity index is 543. The van der Waals surface area contributed by atoms with Crippen LogP contribution in [0.3, 0.4) is 0 Å². The van der Waals surface area contributed by atoms with Crippen molar-refractivity contribution in [3.8, 4) is 0 Å². The molecule has 0 spiro atoms. The van der Waals surface area contributed by atoms with Crippen LogP contribution in [-0.4, -0.2) is 29.2 Å². The van der Waals surface area contributed by atoms with Crippen LogP contribution in [0.2, 0.25) is 5.02 Å². The Balaban J connectivity index is 2.07. The van der Waals surface area contributed by atoms with Crippen LogP contribution < -0.4 is 5.32 Å². The topological polar surface area (TPSA) is 41.1 Å². The summed E-state index contributed by atoms with van der Waals surface area (Å²) in [6.07, 6.45) is 0. The SMILES string of the molecule is CNc1nnc(CN(C)C(C)c2ccccc2Cl)s1. The number of rotatable bonds is 5. The van der Waals surface area contributed by atoms with Crippen molar-refractivity contribution in [2.75, 3.05) is 19.4 Å². The standard InChI is InChI=1S/C13H17ClN4S/c1-9(10-6-4-5-7-11(10)14)18(3)8-12-16-17-13(15-2)19-12/h4-7,9H,8H2,1-3H3,(H,15,17). The molecule has 1 heterocycles. The van der Waals surface area contributed by atoms with Crippen molar-refractivity contribution in [3.05, 3.63) is 39.9 Å². The molecule has 0 aliphatic carbocycles. The van der Waals surface area contributed by atoms with Gasteiger partial charge < -0.3 is 5.32 Å². The maximum atomic E-state index is 6.23. The number of nitrogens with one attached hydrogen (secondary N) is 1. The fourth-order valence-corrected chi connectivity index (χ4v) is 2.87. The monoisotopic (exact) mass is 296 g/mol. The van der Waals surface area contributed by atoms with Crippen LogP contribution in [0.25, 0.3) is 0 Å². The lowest BCUT2D eigenvalue weighted by Gasteiger charge is -2.24. The van der Waals surface area contributed by atoms with Crippen molar-refractivity contribution < 1.29 is 0 Å². The molecule has 0 bridgehead atoms. The van der Waals surface area contributed by atoms with Crippen LogP contribution in [0.15, 0.2) is 24.3 Å². The van der Waals surface area contributed by atoms with Gasteiger partial charge in [-0.25, -0.2) is 0 Å². The predicted molar refractivity (Wildman–Crippen MR) is 80.8 cm³/mol. The normalized spacial score (nSPS) is 12.7. The molecule has 0 radical (unpaired) electrons. The first-order valence-corrected chi connectivity index (χ1v) is 7.26. The summed E-state index contributed by atoms with van der Waals surface area (Å²) in [6, 6.07) is 8.17. The van der Waals surface area contributed by atoms with Gasteiger partial charge in [0.1, 0.15) is 5.01 Å². The van der Waals surface area contributed by atoms with Gasteiger partial charge in [0.15, 0.2) is 0 Å². The lowest BCUT2D eigenvalue weighted by atomic mass is 10.1. The molecule has 2 rings (SSSR count). The smallest absolute Gasteiger partial charge is 0.205 e. The quantitative estimate of drug-likeness (QED) is 0.918. The molecule has 0 saturated heterocycles. The van der Waals surface area contributed by atoms with Gasteiger partial charge in [-0.05, 0) is 25.6 Å². The minimum Gasteiger partial charge on any atom is -0.363 e. The number of anilines is 1. The summed E-state index contributed by atoms with van der Waals surface area (Å²) in [5.74, 6) is 0. The second-order valence-electron chi connectivity index (χ2n) is 4.36. The van der Waals surface area contributed by atoms with Crippen molar-refractivity contribution in [2.24, 2.45) is 0 Å². The summed E-state index contributed by atoms with van der Waals surface area (Å²) in [5.41, 5.74) is 1.13. The molecular weight excluding hydrogens is 280 g/mol. The second kappa shape index (κ2) is 6.32. The van der Waals surface area contributed by atoms with Crippen molar-refractivity contribution in [2.45, 2.75) is 19.5 Å². The maximum absolute atomic E-state index is 6.23. The molecule has 6 heteroatoms. The minimum absolute atomic E-state index is 0.232. The van der Waals surface area contributed by atoms with E-state index in [-0.39, 0.29) is 6.04 Å². The molecule has 1 atom stereocenters. The van der Waals surface area contributed by atoms with Crippen LogP contribution in [0.1, 0.15) is 23.5 Å². The summed E-state index contributed by atoms with van der Waals surface area (Å²) in [4.78, 5) is 2.21. The van der Waals surface area contributed by atoms with Gasteiger partial charge in [0.25, 0.3) is 0 Å². The van der Waals surface area contributed by atoms with E-state index in [2.05, 4.69) is 40.5 Å². The van der Waals surface area contributed by atoms with E-state index in [9.17, 15) is 0 Å². The van der Waals surface area contributed by atoms with Crippen LogP contribution in [0, 0.1) is 0 Å². The highest BCUT2D eigenvalue weighted by Crippen LogP contribution is 2.27. The Kier molecular flexibility index (Phi) is 4.74. The highest BCUT2D eigenvalue weighted by atomic mass is 35.5. The van der Waals surface area contributed by atoms with E-state index in [0.717, 1.165) is 27.3 Å². The van der Waals surface area contributed by atoms with E-state index in [0.29, 0.717) is 0 Å². The second-order valence-corrected chi connectivity index (χ2v) is 5.83. The molecule has 1 unspecified atom stereocenters. The molecule has 0 amide bonds. The number of hydrogen-bond acceptors (Lipinski definition) is 5. The van der Waals surface area contributed by atoms with Crippen LogP contribution in [-0.2, 0) is 6.54 Å². The van der Waals surface area contributed by atoms with Gasteiger partial charge in [-0.2, -0.15) is 0 Å². The van der Waals surface area contributed by atoms with Gasteiger partial charge in [0, 0.05) is 18.1 Å². The zero-order valence-electron chi connectivity index (χ0n) is 11.2.